The molecule has 0 fully saturated rings. The Kier molecular flexibility index (Phi) is 1.31. The first-order valence-electron chi connectivity index (χ1n) is 2.24. The van der Waals surface area contributed by atoms with Gasteiger partial charge in [0.2, 0.25) is 0 Å². The topological polar surface area (TPSA) is 32.6 Å². The Morgan fingerprint density at radius 2 is 2.50 bits per heavy atom. The Bertz CT molecular complexity index is 195. The quantitative estimate of drug-likeness (QED) is 0.495. The summed E-state index contributed by atoms with van der Waals surface area (Å²) >= 11 is 0. The highest BCUT2D eigenvalue weighted by molar-refractivity contribution is 5.58. The van der Waals surface area contributed by atoms with Crippen LogP contribution in [-0.4, -0.2) is 11.0 Å². The fraction of sp³-hybridized carbons (Fsp3) is 0. The van der Waals surface area contributed by atoms with Gasteiger partial charge in [0.25, 0.3) is 0 Å². The molecule has 2 heteroatoms. The minimum atomic E-state index is 0.183. The van der Waals surface area contributed by atoms with Crippen molar-refractivity contribution in [2.75, 3.05) is 0 Å². The molecule has 0 amide bonds. The summed E-state index contributed by atoms with van der Waals surface area (Å²) in [5.41, 5.74) is 0. The lowest BCUT2D eigenvalue weighted by molar-refractivity contribution is 0.434. The maximum atomic E-state index is 8.72. The van der Waals surface area contributed by atoms with Gasteiger partial charge in [-0.1, -0.05) is 0 Å². The van der Waals surface area contributed by atoms with Crippen LogP contribution in [0.5, 0.6) is 0 Å². The van der Waals surface area contributed by atoms with Gasteiger partial charge in [0, 0.05) is 12.3 Å². The smallest absolute Gasteiger partial charge is 0.124 e. The second-order valence-electron chi connectivity index (χ2n) is 1.34. The minimum Gasteiger partial charge on any atom is -0.507 e. The summed E-state index contributed by atoms with van der Waals surface area (Å²) in [7, 11) is 0. The van der Waals surface area contributed by atoms with Gasteiger partial charge in [-0.2, -0.15) is 0 Å². The predicted octanol–water partition coefficient (Wildman–Crippen LogP) is 1.18. The average Bonchev–Trinajstić information content (AvgIpc) is 1.94. The van der Waals surface area contributed by atoms with E-state index in [0.29, 0.717) is 0 Å². The summed E-state index contributed by atoms with van der Waals surface area (Å²) in [4.78, 5) is 3.62. The Balaban J connectivity index is 2.94. The number of hydrogen-bond donors (Lipinski definition) is 1. The van der Waals surface area contributed by atoms with Crippen LogP contribution >= 0.6 is 0 Å². The van der Waals surface area contributed by atoms with Crippen LogP contribution in [0.2, 0.25) is 0 Å². The summed E-state index contributed by atoms with van der Waals surface area (Å²) in [6.45, 7) is 0. The molecule has 2 nitrogen and oxygen atoms in total. The van der Waals surface area contributed by atoms with Crippen molar-refractivity contribution in [1.29, 1.82) is 0 Å². The molecule has 0 atom stereocenters. The zero-order valence-corrected chi connectivity index (χ0v) is 4.20. The summed E-state index contributed by atoms with van der Waals surface area (Å²) in [5.74, 6) is 2.67. The maximum absolute atomic E-state index is 8.72. The highest BCUT2D eigenvalue weighted by Gasteiger charge is 1.80. The fourth-order valence-electron chi connectivity index (χ4n) is 0.379. The molecule has 0 aromatic carbocycles. The van der Waals surface area contributed by atoms with Crippen molar-refractivity contribution in [1.82, 2.24) is 0 Å². The number of allylic oxidation sites excluding steroid dienone is 3. The number of aliphatic imine (C=N–C) groups is 1. The average molecular weight is 107 g/mol. The third-order valence-corrected chi connectivity index (χ3v) is 0.715. The van der Waals surface area contributed by atoms with E-state index in [4.69, 9.17) is 5.11 Å². The molecule has 1 aliphatic rings. The number of rotatable bonds is 0. The summed E-state index contributed by atoms with van der Waals surface area (Å²) in [6.07, 6.45) is 6.15. The van der Waals surface area contributed by atoms with E-state index in [1.165, 1.54) is 6.08 Å². The fourth-order valence-corrected chi connectivity index (χ4v) is 0.379. The highest BCUT2D eigenvalue weighted by Crippen LogP contribution is 1.91. The molecule has 1 N–H and O–H groups in total. The zero-order chi connectivity index (χ0) is 5.82. The van der Waals surface area contributed by atoms with Crippen LogP contribution in [0.3, 0.4) is 0 Å². The van der Waals surface area contributed by atoms with Gasteiger partial charge in [-0.3, -0.25) is 0 Å². The molecule has 0 aliphatic carbocycles. The van der Waals surface area contributed by atoms with Crippen LogP contribution in [0.25, 0.3) is 0 Å². The van der Waals surface area contributed by atoms with Crippen molar-refractivity contribution in [3.8, 4) is 0 Å². The van der Waals surface area contributed by atoms with Crippen molar-refractivity contribution in [2.45, 2.75) is 0 Å². The minimum absolute atomic E-state index is 0.183. The van der Waals surface area contributed by atoms with Crippen molar-refractivity contribution < 1.29 is 5.11 Å². The molecule has 0 bridgehead atoms. The largest absolute Gasteiger partial charge is 0.507 e. The molecule has 1 rings (SSSR count). The van der Waals surface area contributed by atoms with Crippen molar-refractivity contribution in [3.63, 3.8) is 0 Å². The molecule has 40 valence electrons. The molecule has 1 aliphatic heterocycles. The lowest BCUT2D eigenvalue weighted by atomic mass is 10.4. The summed E-state index contributed by atoms with van der Waals surface area (Å²) < 4.78 is 0. The van der Waals surface area contributed by atoms with E-state index in [1.54, 1.807) is 18.4 Å². The third kappa shape index (κ3) is 1.10. The Morgan fingerprint density at radius 3 is 3.38 bits per heavy atom. The molecule has 0 saturated heterocycles. The lowest BCUT2D eigenvalue weighted by Crippen LogP contribution is -1.68. The van der Waals surface area contributed by atoms with Gasteiger partial charge in [-0.15, -0.1) is 0 Å². The van der Waals surface area contributed by atoms with Crippen LogP contribution in [0.4, 0.5) is 0 Å². The van der Waals surface area contributed by atoms with E-state index in [1.807, 2.05) is 0 Å². The van der Waals surface area contributed by atoms with Gasteiger partial charge in [-0.25, -0.2) is 4.99 Å². The van der Waals surface area contributed by atoms with E-state index in [9.17, 15) is 0 Å². The summed E-state index contributed by atoms with van der Waals surface area (Å²) in [5, 5.41) is 8.72. The molecule has 0 saturated carbocycles. The zero-order valence-electron chi connectivity index (χ0n) is 4.20. The molecular weight excluding hydrogens is 102 g/mol. The van der Waals surface area contributed by atoms with Crippen LogP contribution in [0.15, 0.2) is 35.2 Å². The van der Waals surface area contributed by atoms with Crippen LogP contribution in [0, 0.1) is 0 Å². The first-order chi connectivity index (χ1) is 3.89. The highest BCUT2D eigenvalue weighted by atomic mass is 16.3. The molecule has 0 spiro atoms. The Morgan fingerprint density at radius 1 is 1.62 bits per heavy atom. The van der Waals surface area contributed by atoms with Gasteiger partial charge in [0.1, 0.15) is 5.76 Å². The molecule has 0 radical (unpaired) electrons. The van der Waals surface area contributed by atoms with Gasteiger partial charge in [0.15, 0.2) is 0 Å². The van der Waals surface area contributed by atoms with Crippen LogP contribution < -0.4 is 0 Å². The third-order valence-electron chi connectivity index (χ3n) is 0.715. The van der Waals surface area contributed by atoms with E-state index >= 15 is 0 Å². The molecule has 0 unspecified atom stereocenters. The second-order valence-corrected chi connectivity index (χ2v) is 1.34. The van der Waals surface area contributed by atoms with E-state index in [0.717, 1.165) is 0 Å². The maximum Gasteiger partial charge on any atom is 0.124 e. The number of hydrogen-bond acceptors (Lipinski definition) is 2. The van der Waals surface area contributed by atoms with Crippen LogP contribution in [-0.2, 0) is 0 Å². The molecule has 0 aromatic heterocycles. The summed E-state index contributed by atoms with van der Waals surface area (Å²) in [6, 6.07) is 0. The molecule has 0 aromatic rings. The number of aliphatic hydroxyl groups is 1. The van der Waals surface area contributed by atoms with Gasteiger partial charge >= 0.3 is 0 Å². The monoisotopic (exact) mass is 107 g/mol. The van der Waals surface area contributed by atoms with Crippen molar-refractivity contribution >= 4 is 5.87 Å². The predicted molar refractivity (Wildman–Crippen MR) is 31.9 cm³/mol. The Labute approximate surface area is 47.2 Å². The first kappa shape index (κ1) is 4.88. The van der Waals surface area contributed by atoms with Gasteiger partial charge < -0.3 is 5.11 Å². The SMILES string of the molecule is OC1=CC=CN=C=C1. The second kappa shape index (κ2) is 2.15. The molecule has 8 heavy (non-hydrogen) atoms. The number of nitrogens with zero attached hydrogens (tertiary/aromatic N) is 1. The van der Waals surface area contributed by atoms with E-state index in [-0.39, 0.29) is 5.76 Å². The van der Waals surface area contributed by atoms with Crippen molar-refractivity contribution in [2.24, 2.45) is 4.99 Å². The molecular formula is C6H5NO. The van der Waals surface area contributed by atoms with Crippen LogP contribution in [0.1, 0.15) is 0 Å². The van der Waals surface area contributed by atoms with Gasteiger partial charge in [0.05, 0.1) is 0 Å². The lowest BCUT2D eigenvalue weighted by Gasteiger charge is -1.78. The standard InChI is InChI=1S/C6H5NO/c8-6-2-1-4-7-5-3-6/h1-4,8H. The Hall–Kier alpha value is -1.27. The molecule has 1 heterocycles. The van der Waals surface area contributed by atoms with E-state index < -0.39 is 0 Å². The van der Waals surface area contributed by atoms with E-state index in [2.05, 4.69) is 10.9 Å². The van der Waals surface area contributed by atoms with Crippen molar-refractivity contribution in [3.05, 3.63) is 30.2 Å². The van der Waals surface area contributed by atoms with Gasteiger partial charge in [-0.05, 0) is 18.0 Å². The normalized spacial score (nSPS) is 15.8. The first-order valence-corrected chi connectivity index (χ1v) is 2.24. The number of aliphatic hydroxyl groups excluding tert-OH is 1.